The van der Waals surface area contributed by atoms with Gasteiger partial charge in [-0.15, -0.1) is 0 Å². The number of nitrogens with one attached hydrogen (secondary N) is 1. The highest BCUT2D eigenvalue weighted by molar-refractivity contribution is 4.97. The van der Waals surface area contributed by atoms with Crippen LogP contribution in [0, 0.1) is 5.92 Å². The molecular weight excluding hydrogens is 238 g/mol. The van der Waals surface area contributed by atoms with Crippen LogP contribution in [0.3, 0.4) is 0 Å². The van der Waals surface area contributed by atoms with E-state index in [0.717, 1.165) is 19.1 Å². The molecule has 0 saturated carbocycles. The Morgan fingerprint density at radius 2 is 2.11 bits per heavy atom. The Labute approximate surface area is 117 Å². The van der Waals surface area contributed by atoms with Crippen molar-refractivity contribution in [3.8, 4) is 0 Å². The molecule has 0 aromatic heterocycles. The van der Waals surface area contributed by atoms with Crippen LogP contribution in [0.5, 0.6) is 0 Å². The molecule has 0 aromatic rings. The standard InChI is InChI=1S/C15H29N3O/c1-17-8-2-9-18(11-14-3-10-19-12-14)13-15(17)4-6-16-7-5-15/h14,16H,2-13H2,1H3. The van der Waals surface area contributed by atoms with Crippen LogP contribution in [0.4, 0.5) is 0 Å². The van der Waals surface area contributed by atoms with Gasteiger partial charge in [0.25, 0.3) is 0 Å². The van der Waals surface area contributed by atoms with Crippen molar-refractivity contribution in [3.05, 3.63) is 0 Å². The third-order valence-corrected chi connectivity index (χ3v) is 5.37. The fraction of sp³-hybridized carbons (Fsp3) is 1.00. The first kappa shape index (κ1) is 13.8. The molecule has 1 atom stereocenters. The van der Waals surface area contributed by atoms with Crippen LogP contribution in [0.25, 0.3) is 0 Å². The Hall–Kier alpha value is -0.160. The molecule has 3 saturated heterocycles. The highest BCUT2D eigenvalue weighted by Gasteiger charge is 2.39. The van der Waals surface area contributed by atoms with Crippen LogP contribution >= 0.6 is 0 Å². The number of likely N-dealkylation sites (N-methyl/N-ethyl adjacent to an activating group) is 1. The topological polar surface area (TPSA) is 27.7 Å². The third kappa shape index (κ3) is 3.13. The van der Waals surface area contributed by atoms with Gasteiger partial charge in [-0.25, -0.2) is 0 Å². The number of ether oxygens (including phenoxy) is 1. The summed E-state index contributed by atoms with van der Waals surface area (Å²) >= 11 is 0. The molecule has 0 radical (unpaired) electrons. The number of piperidine rings is 1. The Morgan fingerprint density at radius 3 is 2.84 bits per heavy atom. The average molecular weight is 267 g/mol. The zero-order chi connectivity index (χ0) is 13.1. The summed E-state index contributed by atoms with van der Waals surface area (Å²) < 4.78 is 5.54. The van der Waals surface area contributed by atoms with Gasteiger partial charge in [-0.05, 0) is 64.8 Å². The molecule has 1 spiro atoms. The van der Waals surface area contributed by atoms with Crippen LogP contribution in [0.2, 0.25) is 0 Å². The fourth-order valence-corrected chi connectivity index (χ4v) is 4.06. The summed E-state index contributed by atoms with van der Waals surface area (Å²) in [7, 11) is 2.34. The minimum absolute atomic E-state index is 0.432. The molecule has 0 amide bonds. The molecule has 3 aliphatic rings. The average Bonchev–Trinajstić information content (AvgIpc) is 2.87. The molecule has 19 heavy (non-hydrogen) atoms. The molecule has 4 nitrogen and oxygen atoms in total. The molecule has 1 unspecified atom stereocenters. The molecule has 3 aliphatic heterocycles. The maximum absolute atomic E-state index is 5.54. The summed E-state index contributed by atoms with van der Waals surface area (Å²) in [6, 6.07) is 0. The first-order valence-electron chi connectivity index (χ1n) is 8.01. The van der Waals surface area contributed by atoms with E-state index in [0.29, 0.717) is 5.54 Å². The van der Waals surface area contributed by atoms with Crippen LogP contribution in [0.15, 0.2) is 0 Å². The van der Waals surface area contributed by atoms with Crippen molar-refractivity contribution in [1.29, 1.82) is 0 Å². The van der Waals surface area contributed by atoms with Gasteiger partial charge in [0, 0.05) is 25.2 Å². The highest BCUT2D eigenvalue weighted by atomic mass is 16.5. The van der Waals surface area contributed by atoms with E-state index in [1.165, 1.54) is 65.0 Å². The number of nitrogens with zero attached hydrogens (tertiary/aromatic N) is 2. The number of rotatable bonds is 2. The minimum atomic E-state index is 0.432. The summed E-state index contributed by atoms with van der Waals surface area (Å²) in [5, 5.41) is 3.52. The van der Waals surface area contributed by atoms with E-state index in [1.807, 2.05) is 0 Å². The molecule has 3 rings (SSSR count). The molecule has 110 valence electrons. The molecule has 3 heterocycles. The number of hydrogen-bond donors (Lipinski definition) is 1. The van der Waals surface area contributed by atoms with Crippen LogP contribution in [-0.2, 0) is 4.74 Å². The Kier molecular flexibility index (Phi) is 4.42. The summed E-state index contributed by atoms with van der Waals surface area (Å²) in [6.45, 7) is 9.39. The quantitative estimate of drug-likeness (QED) is 0.800. The second kappa shape index (κ2) is 6.08. The second-order valence-corrected chi connectivity index (χ2v) is 6.71. The van der Waals surface area contributed by atoms with Gasteiger partial charge in [0.1, 0.15) is 0 Å². The summed E-state index contributed by atoms with van der Waals surface area (Å²) in [5.41, 5.74) is 0.432. The van der Waals surface area contributed by atoms with E-state index in [-0.39, 0.29) is 0 Å². The maximum Gasteiger partial charge on any atom is 0.0507 e. The van der Waals surface area contributed by atoms with Crippen molar-refractivity contribution < 1.29 is 4.74 Å². The van der Waals surface area contributed by atoms with Gasteiger partial charge in [0.2, 0.25) is 0 Å². The Balaban J connectivity index is 1.64. The smallest absolute Gasteiger partial charge is 0.0507 e. The monoisotopic (exact) mass is 267 g/mol. The van der Waals surface area contributed by atoms with Crippen molar-refractivity contribution in [2.24, 2.45) is 5.92 Å². The summed E-state index contributed by atoms with van der Waals surface area (Å²) in [4.78, 5) is 5.38. The molecule has 4 heteroatoms. The SMILES string of the molecule is CN1CCCN(CC2CCOC2)CC12CCNCC2. The van der Waals surface area contributed by atoms with Gasteiger partial charge in [0.05, 0.1) is 6.61 Å². The first-order chi connectivity index (χ1) is 9.28. The predicted octanol–water partition coefficient (Wildman–Crippen LogP) is 0.783. The summed E-state index contributed by atoms with van der Waals surface area (Å²) in [6.07, 6.45) is 5.20. The molecular formula is C15H29N3O. The van der Waals surface area contributed by atoms with Gasteiger partial charge in [-0.3, -0.25) is 4.90 Å². The lowest BCUT2D eigenvalue weighted by Crippen LogP contribution is -2.57. The normalized spacial score (nSPS) is 33.6. The van der Waals surface area contributed by atoms with Crippen LogP contribution in [-0.4, -0.2) is 74.9 Å². The van der Waals surface area contributed by atoms with Gasteiger partial charge < -0.3 is 15.0 Å². The van der Waals surface area contributed by atoms with E-state index >= 15 is 0 Å². The van der Waals surface area contributed by atoms with Gasteiger partial charge in [-0.2, -0.15) is 0 Å². The van der Waals surface area contributed by atoms with Crippen LogP contribution < -0.4 is 5.32 Å². The van der Waals surface area contributed by atoms with Crippen molar-refractivity contribution in [3.63, 3.8) is 0 Å². The van der Waals surface area contributed by atoms with Crippen LogP contribution in [0.1, 0.15) is 25.7 Å². The Morgan fingerprint density at radius 1 is 1.26 bits per heavy atom. The van der Waals surface area contributed by atoms with E-state index in [9.17, 15) is 0 Å². The zero-order valence-corrected chi connectivity index (χ0v) is 12.4. The summed E-state index contributed by atoms with van der Waals surface area (Å²) in [5.74, 6) is 0.780. The lowest BCUT2D eigenvalue weighted by atomic mass is 9.86. The fourth-order valence-electron chi connectivity index (χ4n) is 4.06. The van der Waals surface area contributed by atoms with Crippen molar-refractivity contribution in [2.45, 2.75) is 31.2 Å². The van der Waals surface area contributed by atoms with E-state index in [1.54, 1.807) is 0 Å². The van der Waals surface area contributed by atoms with Crippen molar-refractivity contribution in [1.82, 2.24) is 15.1 Å². The van der Waals surface area contributed by atoms with E-state index in [2.05, 4.69) is 22.2 Å². The lowest BCUT2D eigenvalue weighted by Gasteiger charge is -2.45. The first-order valence-corrected chi connectivity index (χ1v) is 8.01. The molecule has 3 fully saturated rings. The number of hydrogen-bond acceptors (Lipinski definition) is 4. The molecule has 0 aromatic carbocycles. The Bertz CT molecular complexity index is 285. The van der Waals surface area contributed by atoms with Gasteiger partial charge in [0.15, 0.2) is 0 Å². The van der Waals surface area contributed by atoms with E-state index < -0.39 is 0 Å². The third-order valence-electron chi connectivity index (χ3n) is 5.37. The molecule has 0 aliphatic carbocycles. The van der Waals surface area contributed by atoms with Gasteiger partial charge >= 0.3 is 0 Å². The van der Waals surface area contributed by atoms with Gasteiger partial charge in [-0.1, -0.05) is 0 Å². The molecule has 0 bridgehead atoms. The molecule has 1 N–H and O–H groups in total. The van der Waals surface area contributed by atoms with E-state index in [4.69, 9.17) is 4.74 Å². The zero-order valence-electron chi connectivity index (χ0n) is 12.4. The highest BCUT2D eigenvalue weighted by Crippen LogP contribution is 2.29. The predicted molar refractivity (Wildman–Crippen MR) is 77.4 cm³/mol. The van der Waals surface area contributed by atoms with Crippen molar-refractivity contribution in [2.75, 3.05) is 59.5 Å². The lowest BCUT2D eigenvalue weighted by molar-refractivity contribution is 0.0602. The maximum atomic E-state index is 5.54. The van der Waals surface area contributed by atoms with Crippen molar-refractivity contribution >= 4 is 0 Å². The second-order valence-electron chi connectivity index (χ2n) is 6.71. The minimum Gasteiger partial charge on any atom is -0.381 e. The largest absolute Gasteiger partial charge is 0.381 e.